The molecule has 0 heterocycles. The molecule has 0 unspecified atom stereocenters. The smallest absolute Gasteiger partial charge is 0.310 e. The summed E-state index contributed by atoms with van der Waals surface area (Å²) in [6.45, 7) is 3.86. The third-order valence-electron chi connectivity index (χ3n) is 2.15. The number of benzene rings is 1. The molecule has 0 saturated heterocycles. The molecule has 0 spiro atoms. The molecule has 0 fully saturated rings. The molecule has 0 amide bonds. The molecule has 0 saturated carbocycles. The minimum atomic E-state index is -0.742. The van der Waals surface area contributed by atoms with Gasteiger partial charge in [-0.15, -0.1) is 0 Å². The van der Waals surface area contributed by atoms with Crippen LogP contribution < -0.4 is 0 Å². The molecule has 0 aliphatic carbocycles. The van der Waals surface area contributed by atoms with Crippen LogP contribution in [0.25, 0.3) is 0 Å². The van der Waals surface area contributed by atoms with Crippen molar-refractivity contribution in [2.75, 3.05) is 0 Å². The Labute approximate surface area is 78.2 Å². The Hall–Kier alpha value is -1.31. The van der Waals surface area contributed by atoms with Gasteiger partial charge >= 0.3 is 5.97 Å². The maximum atomic E-state index is 10.8. The molecule has 1 aromatic carbocycles. The van der Waals surface area contributed by atoms with Gasteiger partial charge in [-0.1, -0.05) is 36.8 Å². The van der Waals surface area contributed by atoms with E-state index in [1.807, 2.05) is 38.1 Å². The first-order valence-electron chi connectivity index (χ1n) is 4.44. The number of carboxylic acid groups (broad SMARTS) is 1. The average molecular weight is 178 g/mol. The fourth-order valence-corrected chi connectivity index (χ4v) is 1.44. The van der Waals surface area contributed by atoms with Crippen molar-refractivity contribution in [3.8, 4) is 0 Å². The Bertz CT molecular complexity index is 305. The summed E-state index contributed by atoms with van der Waals surface area (Å²) in [4.78, 5) is 10.8. The van der Waals surface area contributed by atoms with E-state index in [9.17, 15) is 4.79 Å². The SMILES string of the molecule is CC[C@H](C(=O)O)c1cccc(C)c1. The monoisotopic (exact) mass is 178 g/mol. The first-order chi connectivity index (χ1) is 6.15. The van der Waals surface area contributed by atoms with E-state index in [0.717, 1.165) is 11.1 Å². The number of aliphatic carboxylic acids is 1. The van der Waals surface area contributed by atoms with Crippen molar-refractivity contribution in [3.63, 3.8) is 0 Å². The van der Waals surface area contributed by atoms with Crippen LogP contribution in [0.3, 0.4) is 0 Å². The lowest BCUT2D eigenvalue weighted by Crippen LogP contribution is -2.10. The highest BCUT2D eigenvalue weighted by atomic mass is 16.4. The van der Waals surface area contributed by atoms with Gasteiger partial charge < -0.3 is 5.11 Å². The Morgan fingerprint density at radius 3 is 2.69 bits per heavy atom. The molecule has 0 aliphatic rings. The van der Waals surface area contributed by atoms with E-state index in [2.05, 4.69) is 0 Å². The van der Waals surface area contributed by atoms with E-state index in [4.69, 9.17) is 5.11 Å². The van der Waals surface area contributed by atoms with Gasteiger partial charge in [0, 0.05) is 0 Å². The quantitative estimate of drug-likeness (QED) is 0.772. The van der Waals surface area contributed by atoms with Crippen LogP contribution in [-0.4, -0.2) is 11.1 Å². The highest BCUT2D eigenvalue weighted by molar-refractivity contribution is 5.76. The molecule has 70 valence electrons. The molecule has 0 bridgehead atoms. The fraction of sp³-hybridized carbons (Fsp3) is 0.364. The van der Waals surface area contributed by atoms with Crippen molar-refractivity contribution >= 4 is 5.97 Å². The van der Waals surface area contributed by atoms with E-state index in [1.54, 1.807) is 0 Å². The maximum Gasteiger partial charge on any atom is 0.310 e. The van der Waals surface area contributed by atoms with Crippen LogP contribution in [0, 0.1) is 6.92 Å². The molecule has 0 radical (unpaired) electrons. The van der Waals surface area contributed by atoms with Crippen LogP contribution in [0.4, 0.5) is 0 Å². The molecule has 0 aromatic heterocycles. The van der Waals surface area contributed by atoms with Gasteiger partial charge in [0.25, 0.3) is 0 Å². The molecule has 2 heteroatoms. The van der Waals surface area contributed by atoms with Crippen molar-refractivity contribution in [1.82, 2.24) is 0 Å². The van der Waals surface area contributed by atoms with Crippen LogP contribution in [0.15, 0.2) is 24.3 Å². The zero-order valence-corrected chi connectivity index (χ0v) is 7.95. The predicted molar refractivity (Wildman–Crippen MR) is 51.8 cm³/mol. The van der Waals surface area contributed by atoms with Crippen molar-refractivity contribution in [2.45, 2.75) is 26.2 Å². The van der Waals surface area contributed by atoms with E-state index in [0.29, 0.717) is 6.42 Å². The van der Waals surface area contributed by atoms with Crippen molar-refractivity contribution < 1.29 is 9.90 Å². The molecular weight excluding hydrogens is 164 g/mol. The minimum Gasteiger partial charge on any atom is -0.481 e. The highest BCUT2D eigenvalue weighted by Gasteiger charge is 2.16. The summed E-state index contributed by atoms with van der Waals surface area (Å²) in [6.07, 6.45) is 0.638. The summed E-state index contributed by atoms with van der Waals surface area (Å²) >= 11 is 0. The topological polar surface area (TPSA) is 37.3 Å². The first kappa shape index (κ1) is 9.78. The van der Waals surface area contributed by atoms with Crippen molar-refractivity contribution in [1.29, 1.82) is 0 Å². The number of hydrogen-bond acceptors (Lipinski definition) is 1. The third-order valence-corrected chi connectivity index (χ3v) is 2.15. The van der Waals surface area contributed by atoms with E-state index in [-0.39, 0.29) is 5.92 Å². The van der Waals surface area contributed by atoms with Gasteiger partial charge in [0.2, 0.25) is 0 Å². The van der Waals surface area contributed by atoms with Crippen molar-refractivity contribution in [3.05, 3.63) is 35.4 Å². The molecule has 1 rings (SSSR count). The van der Waals surface area contributed by atoms with Gasteiger partial charge in [0.15, 0.2) is 0 Å². The molecule has 1 atom stereocenters. The van der Waals surface area contributed by atoms with Gasteiger partial charge in [-0.05, 0) is 18.9 Å². The van der Waals surface area contributed by atoms with Crippen LogP contribution in [0.2, 0.25) is 0 Å². The standard InChI is InChI=1S/C11H14O2/c1-3-10(11(12)13)9-6-4-5-8(2)7-9/h4-7,10H,3H2,1-2H3,(H,12,13)/t10-/m0/s1. The van der Waals surface area contributed by atoms with Crippen LogP contribution in [-0.2, 0) is 4.79 Å². The highest BCUT2D eigenvalue weighted by Crippen LogP contribution is 2.20. The summed E-state index contributed by atoms with van der Waals surface area (Å²) in [7, 11) is 0. The molecule has 13 heavy (non-hydrogen) atoms. The third kappa shape index (κ3) is 2.31. The van der Waals surface area contributed by atoms with Gasteiger partial charge in [-0.3, -0.25) is 4.79 Å². The normalized spacial score (nSPS) is 12.5. The van der Waals surface area contributed by atoms with Gasteiger partial charge in [-0.25, -0.2) is 0 Å². The summed E-state index contributed by atoms with van der Waals surface area (Å²) in [6, 6.07) is 7.67. The number of carboxylic acids is 1. The second-order valence-corrected chi connectivity index (χ2v) is 3.21. The van der Waals surface area contributed by atoms with Crippen LogP contribution >= 0.6 is 0 Å². The Morgan fingerprint density at radius 2 is 2.23 bits per heavy atom. The average Bonchev–Trinajstić information content (AvgIpc) is 2.04. The van der Waals surface area contributed by atoms with Crippen LogP contribution in [0.1, 0.15) is 30.4 Å². The summed E-state index contributed by atoms with van der Waals surface area (Å²) in [5.41, 5.74) is 2.01. The summed E-state index contributed by atoms with van der Waals surface area (Å²) in [5.74, 6) is -1.10. The zero-order valence-electron chi connectivity index (χ0n) is 7.95. The van der Waals surface area contributed by atoms with Gasteiger partial charge in [0.05, 0.1) is 5.92 Å². The zero-order chi connectivity index (χ0) is 9.84. The van der Waals surface area contributed by atoms with E-state index in [1.165, 1.54) is 0 Å². The second kappa shape index (κ2) is 4.08. The minimum absolute atomic E-state index is 0.361. The molecular formula is C11H14O2. The largest absolute Gasteiger partial charge is 0.481 e. The molecule has 0 aliphatic heterocycles. The summed E-state index contributed by atoms with van der Waals surface area (Å²) < 4.78 is 0. The number of aryl methyl sites for hydroxylation is 1. The summed E-state index contributed by atoms with van der Waals surface area (Å²) in [5, 5.41) is 8.92. The Kier molecular flexibility index (Phi) is 3.07. The fourth-order valence-electron chi connectivity index (χ4n) is 1.44. The molecule has 1 N–H and O–H groups in total. The number of carbonyl (C=O) groups is 1. The van der Waals surface area contributed by atoms with Crippen molar-refractivity contribution in [2.24, 2.45) is 0 Å². The number of hydrogen-bond donors (Lipinski definition) is 1. The molecule has 2 nitrogen and oxygen atoms in total. The first-order valence-corrected chi connectivity index (χ1v) is 4.44. The lowest BCUT2D eigenvalue weighted by atomic mass is 9.95. The van der Waals surface area contributed by atoms with Crippen LogP contribution in [0.5, 0.6) is 0 Å². The predicted octanol–water partition coefficient (Wildman–Crippen LogP) is 2.57. The lowest BCUT2D eigenvalue weighted by Gasteiger charge is -2.10. The van der Waals surface area contributed by atoms with E-state index < -0.39 is 5.97 Å². The second-order valence-electron chi connectivity index (χ2n) is 3.21. The molecule has 1 aromatic rings. The number of rotatable bonds is 3. The van der Waals surface area contributed by atoms with Gasteiger partial charge in [0.1, 0.15) is 0 Å². The van der Waals surface area contributed by atoms with Gasteiger partial charge in [-0.2, -0.15) is 0 Å². The maximum absolute atomic E-state index is 10.8. The Balaban J connectivity index is 2.98. The lowest BCUT2D eigenvalue weighted by molar-refractivity contribution is -0.138. The van der Waals surface area contributed by atoms with E-state index >= 15 is 0 Å². The Morgan fingerprint density at radius 1 is 1.54 bits per heavy atom.